The molecule has 5 nitrogen and oxygen atoms in total. The summed E-state index contributed by atoms with van der Waals surface area (Å²) >= 11 is 0. The van der Waals surface area contributed by atoms with E-state index in [1.807, 2.05) is 31.2 Å². The zero-order chi connectivity index (χ0) is 19.9. The summed E-state index contributed by atoms with van der Waals surface area (Å²) in [5, 5.41) is 0. The van der Waals surface area contributed by atoms with Gasteiger partial charge in [0.2, 0.25) is 5.91 Å². The number of fused-ring (bicyclic) bond motifs is 1. The summed E-state index contributed by atoms with van der Waals surface area (Å²) in [6.07, 6.45) is 2.95. The van der Waals surface area contributed by atoms with Crippen LogP contribution in [0.3, 0.4) is 0 Å². The maximum atomic E-state index is 12.9. The number of carbonyl (C=O) groups excluding carboxylic acids is 1. The fourth-order valence-corrected chi connectivity index (χ4v) is 5.23. The van der Waals surface area contributed by atoms with Crippen LogP contribution >= 0.6 is 0 Å². The van der Waals surface area contributed by atoms with Crippen molar-refractivity contribution in [3.8, 4) is 11.1 Å². The first-order valence-electron chi connectivity index (χ1n) is 9.17. The molecule has 1 atom stereocenters. The number of hydrogen-bond acceptors (Lipinski definition) is 4. The Morgan fingerprint density at radius 1 is 1.04 bits per heavy atom. The van der Waals surface area contributed by atoms with Crippen molar-refractivity contribution in [1.29, 1.82) is 0 Å². The van der Waals surface area contributed by atoms with Gasteiger partial charge in [-0.15, -0.1) is 0 Å². The molecule has 1 aliphatic rings. The Balaban J connectivity index is 1.64. The molecule has 1 unspecified atom stereocenters. The number of carbonyl (C=O) groups is 1. The number of rotatable bonds is 4. The van der Waals surface area contributed by atoms with Gasteiger partial charge in [0, 0.05) is 5.56 Å². The van der Waals surface area contributed by atoms with Crippen LogP contribution in [0.15, 0.2) is 64.1 Å². The van der Waals surface area contributed by atoms with Gasteiger partial charge in [0.05, 0.1) is 17.1 Å². The molecule has 1 amide bonds. The van der Waals surface area contributed by atoms with Gasteiger partial charge in [0.25, 0.3) is 10.0 Å². The first-order valence-corrected chi connectivity index (χ1v) is 10.7. The summed E-state index contributed by atoms with van der Waals surface area (Å²) in [6, 6.07) is 14.4. The van der Waals surface area contributed by atoms with Crippen molar-refractivity contribution < 1.29 is 17.6 Å². The second kappa shape index (κ2) is 6.95. The SMILES string of the molecule is Cc1ccccc1S(=O)(=O)NC(=O)C1CCc2c(-c3ccoc3C)cccc21. The fraction of sp³-hybridized carbons (Fsp3) is 0.227. The highest BCUT2D eigenvalue weighted by Crippen LogP contribution is 2.40. The van der Waals surface area contributed by atoms with Gasteiger partial charge in [-0.05, 0) is 61.1 Å². The third-order valence-electron chi connectivity index (χ3n) is 5.35. The molecular weight excluding hydrogens is 374 g/mol. The number of hydrogen-bond donors (Lipinski definition) is 1. The van der Waals surface area contributed by atoms with Gasteiger partial charge < -0.3 is 4.42 Å². The first kappa shape index (κ1) is 18.5. The average Bonchev–Trinajstić information content (AvgIpc) is 3.27. The van der Waals surface area contributed by atoms with Gasteiger partial charge in [0.1, 0.15) is 5.76 Å². The van der Waals surface area contributed by atoms with Crippen LogP contribution in [-0.2, 0) is 21.2 Å². The molecule has 2 aromatic carbocycles. The highest BCUT2D eigenvalue weighted by molar-refractivity contribution is 7.90. The molecule has 0 saturated heterocycles. The number of sulfonamides is 1. The lowest BCUT2D eigenvalue weighted by Gasteiger charge is -2.14. The van der Waals surface area contributed by atoms with E-state index in [4.69, 9.17) is 4.42 Å². The van der Waals surface area contributed by atoms with Crippen molar-refractivity contribution in [1.82, 2.24) is 4.72 Å². The van der Waals surface area contributed by atoms with Crippen LogP contribution in [0.4, 0.5) is 0 Å². The van der Waals surface area contributed by atoms with Crippen LogP contribution < -0.4 is 4.72 Å². The maximum absolute atomic E-state index is 12.9. The van der Waals surface area contributed by atoms with Crippen LogP contribution in [-0.4, -0.2) is 14.3 Å². The summed E-state index contributed by atoms with van der Waals surface area (Å²) in [5.74, 6) is -0.146. The topological polar surface area (TPSA) is 76.4 Å². The molecule has 1 aliphatic carbocycles. The quantitative estimate of drug-likeness (QED) is 0.722. The molecule has 0 aliphatic heterocycles. The number of amides is 1. The molecule has 1 aromatic heterocycles. The maximum Gasteiger partial charge on any atom is 0.264 e. The third kappa shape index (κ3) is 3.14. The lowest BCUT2D eigenvalue weighted by atomic mass is 9.95. The van der Waals surface area contributed by atoms with Crippen LogP contribution in [0.25, 0.3) is 11.1 Å². The van der Waals surface area contributed by atoms with E-state index in [9.17, 15) is 13.2 Å². The van der Waals surface area contributed by atoms with E-state index in [0.29, 0.717) is 12.0 Å². The monoisotopic (exact) mass is 395 g/mol. The van der Waals surface area contributed by atoms with Crippen molar-refractivity contribution in [2.75, 3.05) is 0 Å². The minimum Gasteiger partial charge on any atom is -0.469 e. The second-order valence-corrected chi connectivity index (χ2v) is 8.74. The molecule has 144 valence electrons. The molecule has 0 spiro atoms. The van der Waals surface area contributed by atoms with Crippen molar-refractivity contribution in [2.24, 2.45) is 0 Å². The fourth-order valence-electron chi connectivity index (χ4n) is 3.96. The van der Waals surface area contributed by atoms with Gasteiger partial charge in [-0.3, -0.25) is 4.79 Å². The Kier molecular flexibility index (Phi) is 4.59. The van der Waals surface area contributed by atoms with Crippen LogP contribution in [0.2, 0.25) is 0 Å². The predicted octanol–water partition coefficient (Wildman–Crippen LogP) is 4.10. The minimum absolute atomic E-state index is 0.129. The van der Waals surface area contributed by atoms with Crippen molar-refractivity contribution in [3.05, 3.63) is 77.2 Å². The highest BCUT2D eigenvalue weighted by Gasteiger charge is 2.33. The molecule has 4 rings (SSSR count). The van der Waals surface area contributed by atoms with Crippen molar-refractivity contribution in [3.63, 3.8) is 0 Å². The van der Waals surface area contributed by atoms with E-state index in [0.717, 1.165) is 34.4 Å². The summed E-state index contributed by atoms with van der Waals surface area (Å²) < 4.78 is 33.1. The molecule has 3 aromatic rings. The minimum atomic E-state index is -3.90. The molecule has 1 N–H and O–H groups in total. The number of furan rings is 1. The molecule has 0 radical (unpaired) electrons. The normalized spacial score (nSPS) is 16.0. The van der Waals surface area contributed by atoms with Gasteiger partial charge in [-0.1, -0.05) is 36.4 Å². The van der Waals surface area contributed by atoms with E-state index < -0.39 is 21.8 Å². The van der Waals surface area contributed by atoms with Crippen LogP contribution in [0.1, 0.15) is 34.8 Å². The summed E-state index contributed by atoms with van der Waals surface area (Å²) in [6.45, 7) is 3.62. The third-order valence-corrected chi connectivity index (χ3v) is 6.86. The predicted molar refractivity (Wildman–Crippen MR) is 106 cm³/mol. The molecule has 6 heteroatoms. The Morgan fingerprint density at radius 2 is 1.82 bits per heavy atom. The lowest BCUT2D eigenvalue weighted by molar-refractivity contribution is -0.120. The molecule has 28 heavy (non-hydrogen) atoms. The standard InChI is InChI=1S/C22H21NO4S/c1-14-6-3-4-9-21(14)28(25,26)23-22(24)20-11-10-19-17(7-5-8-18(19)20)16-12-13-27-15(16)2/h3-9,12-13,20H,10-11H2,1-2H3,(H,23,24). The first-order chi connectivity index (χ1) is 13.4. The number of benzene rings is 2. The Morgan fingerprint density at radius 3 is 2.54 bits per heavy atom. The van der Waals surface area contributed by atoms with E-state index in [-0.39, 0.29) is 4.90 Å². The van der Waals surface area contributed by atoms with Crippen molar-refractivity contribution >= 4 is 15.9 Å². The number of aryl methyl sites for hydroxylation is 2. The summed E-state index contributed by atoms with van der Waals surface area (Å²) in [4.78, 5) is 13.0. The molecule has 0 fully saturated rings. The van der Waals surface area contributed by atoms with E-state index in [1.54, 1.807) is 31.4 Å². The van der Waals surface area contributed by atoms with Crippen LogP contribution in [0, 0.1) is 13.8 Å². The highest BCUT2D eigenvalue weighted by atomic mass is 32.2. The summed E-state index contributed by atoms with van der Waals surface area (Å²) in [7, 11) is -3.90. The molecule has 0 saturated carbocycles. The second-order valence-electron chi connectivity index (χ2n) is 7.09. The van der Waals surface area contributed by atoms with Crippen molar-refractivity contribution in [2.45, 2.75) is 37.5 Å². The zero-order valence-electron chi connectivity index (χ0n) is 15.7. The molecule has 1 heterocycles. The van der Waals surface area contributed by atoms with Gasteiger partial charge >= 0.3 is 0 Å². The van der Waals surface area contributed by atoms with E-state index >= 15 is 0 Å². The summed E-state index contributed by atoms with van der Waals surface area (Å²) in [5.41, 5.74) is 4.62. The number of nitrogens with one attached hydrogen (secondary N) is 1. The van der Waals surface area contributed by atoms with Gasteiger partial charge in [0.15, 0.2) is 0 Å². The van der Waals surface area contributed by atoms with Gasteiger partial charge in [-0.25, -0.2) is 13.1 Å². The largest absolute Gasteiger partial charge is 0.469 e. The molecular formula is C22H21NO4S. The van der Waals surface area contributed by atoms with Gasteiger partial charge in [-0.2, -0.15) is 0 Å². The Labute approximate surface area is 164 Å². The van der Waals surface area contributed by atoms with E-state index in [1.165, 1.54) is 6.07 Å². The van der Waals surface area contributed by atoms with Crippen LogP contribution in [0.5, 0.6) is 0 Å². The average molecular weight is 395 g/mol. The Bertz CT molecular complexity index is 1160. The van der Waals surface area contributed by atoms with E-state index in [2.05, 4.69) is 4.72 Å². The smallest absolute Gasteiger partial charge is 0.264 e. The Hall–Kier alpha value is -2.86. The zero-order valence-corrected chi connectivity index (χ0v) is 16.5. The lowest BCUT2D eigenvalue weighted by Crippen LogP contribution is -2.34. The molecule has 0 bridgehead atoms.